The Hall–Kier alpha value is -2.77. The van der Waals surface area contributed by atoms with Crippen LogP contribution in [0.2, 0.25) is 0 Å². The molecule has 0 bridgehead atoms. The smallest absolute Gasteiger partial charge is 0.314 e. The van der Waals surface area contributed by atoms with Crippen LogP contribution >= 0.6 is 0 Å². The summed E-state index contributed by atoms with van der Waals surface area (Å²) in [7, 11) is 0. The van der Waals surface area contributed by atoms with Crippen molar-refractivity contribution in [1.82, 2.24) is 5.43 Å². The molecule has 1 rings (SSSR count). The number of nitrogens with zero attached hydrogens (tertiary/aromatic N) is 2. The van der Waals surface area contributed by atoms with Crippen molar-refractivity contribution in [2.75, 3.05) is 6.61 Å². The van der Waals surface area contributed by atoms with Gasteiger partial charge >= 0.3 is 5.97 Å². The number of hydrazone groups is 1. The van der Waals surface area contributed by atoms with Gasteiger partial charge < -0.3 is 4.74 Å². The maximum absolute atomic E-state index is 12.0. The normalized spacial score (nSPS) is 12.4. The van der Waals surface area contributed by atoms with E-state index >= 15 is 0 Å². The summed E-state index contributed by atoms with van der Waals surface area (Å²) in [5.74, 6) is -1.39. The van der Waals surface area contributed by atoms with Crippen molar-refractivity contribution >= 4 is 23.3 Å². The Kier molecular flexibility index (Phi) is 7.54. The van der Waals surface area contributed by atoms with Crippen LogP contribution in [0.25, 0.3) is 0 Å². The van der Waals surface area contributed by atoms with Gasteiger partial charge in [0.2, 0.25) is 0 Å². The van der Waals surface area contributed by atoms with E-state index < -0.39 is 16.7 Å². The molecule has 0 radical (unpaired) electrons. The summed E-state index contributed by atoms with van der Waals surface area (Å²) in [6.45, 7) is 5.59. The van der Waals surface area contributed by atoms with Crippen molar-refractivity contribution < 1.29 is 19.2 Å². The van der Waals surface area contributed by atoms with Crippen LogP contribution in [0, 0.1) is 16.0 Å². The molecular weight excluding hydrogens is 314 g/mol. The summed E-state index contributed by atoms with van der Waals surface area (Å²) in [5.41, 5.74) is 2.94. The van der Waals surface area contributed by atoms with Crippen molar-refractivity contribution in [3.05, 3.63) is 39.9 Å². The first-order valence-electron chi connectivity index (χ1n) is 7.66. The fourth-order valence-electron chi connectivity index (χ4n) is 2.04. The number of benzene rings is 1. The first-order valence-corrected chi connectivity index (χ1v) is 7.66. The highest BCUT2D eigenvalue weighted by atomic mass is 16.6. The monoisotopic (exact) mass is 335 g/mol. The third-order valence-electron chi connectivity index (χ3n) is 3.33. The van der Waals surface area contributed by atoms with Gasteiger partial charge in [0, 0.05) is 23.4 Å². The number of rotatable bonds is 8. The van der Waals surface area contributed by atoms with Gasteiger partial charge in [-0.2, -0.15) is 5.10 Å². The minimum absolute atomic E-state index is 0.100. The minimum Gasteiger partial charge on any atom is -0.465 e. The van der Waals surface area contributed by atoms with E-state index in [1.807, 2.05) is 6.92 Å². The molecule has 1 aromatic carbocycles. The molecule has 0 aliphatic heterocycles. The minimum atomic E-state index is -0.543. The molecule has 0 heterocycles. The van der Waals surface area contributed by atoms with E-state index in [0.717, 1.165) is 6.42 Å². The summed E-state index contributed by atoms with van der Waals surface area (Å²) < 4.78 is 5.01. The highest BCUT2D eigenvalue weighted by Gasteiger charge is 2.22. The number of non-ortho nitro benzene ring substituents is 1. The molecule has 1 amide bonds. The van der Waals surface area contributed by atoms with Gasteiger partial charge in [-0.25, -0.2) is 5.43 Å². The summed E-state index contributed by atoms with van der Waals surface area (Å²) in [4.78, 5) is 34.0. The molecular formula is C16H21N3O5. The van der Waals surface area contributed by atoms with Gasteiger partial charge in [0.1, 0.15) is 0 Å². The second-order valence-electron chi connectivity index (χ2n) is 5.09. The first kappa shape index (κ1) is 19.3. The Morgan fingerprint density at radius 2 is 1.92 bits per heavy atom. The molecule has 0 spiro atoms. The average molecular weight is 335 g/mol. The third kappa shape index (κ3) is 5.45. The van der Waals surface area contributed by atoms with Crippen molar-refractivity contribution in [2.24, 2.45) is 11.0 Å². The lowest BCUT2D eigenvalue weighted by Crippen LogP contribution is -2.27. The predicted molar refractivity (Wildman–Crippen MR) is 88.7 cm³/mol. The topological polar surface area (TPSA) is 111 Å². The fraction of sp³-hybridized carbons (Fsp3) is 0.438. The Balaban J connectivity index is 2.78. The van der Waals surface area contributed by atoms with Gasteiger partial charge in [0.05, 0.1) is 17.4 Å². The predicted octanol–water partition coefficient (Wildman–Crippen LogP) is 2.68. The Bertz CT molecular complexity index is 625. The van der Waals surface area contributed by atoms with E-state index in [0.29, 0.717) is 12.1 Å². The number of carbonyl (C=O) groups is 2. The maximum atomic E-state index is 12.0. The van der Waals surface area contributed by atoms with E-state index in [4.69, 9.17) is 4.74 Å². The molecule has 8 heteroatoms. The average Bonchev–Trinajstić information content (AvgIpc) is 2.57. The van der Waals surface area contributed by atoms with Crippen LogP contribution in [0.3, 0.4) is 0 Å². The standard InChI is InChI=1S/C16H21N3O5/c1-4-6-14(16(21)24-5-2)11(3)17-18-15(20)12-7-9-13(10-8-12)19(22)23/h7-10,14H,4-6H2,1-3H3,(H,18,20)/b17-11+/t14-/m1/s1. The van der Waals surface area contributed by atoms with Crippen LogP contribution in [0.15, 0.2) is 29.4 Å². The number of ether oxygens (including phenoxy) is 1. The molecule has 0 saturated heterocycles. The van der Waals surface area contributed by atoms with Crippen molar-refractivity contribution in [2.45, 2.75) is 33.6 Å². The number of nitro groups is 1. The van der Waals surface area contributed by atoms with Gasteiger partial charge in [-0.1, -0.05) is 13.3 Å². The zero-order valence-electron chi connectivity index (χ0n) is 13.9. The Morgan fingerprint density at radius 3 is 2.42 bits per heavy atom. The zero-order valence-corrected chi connectivity index (χ0v) is 13.9. The maximum Gasteiger partial charge on any atom is 0.314 e. The van der Waals surface area contributed by atoms with Gasteiger partial charge in [0.25, 0.3) is 11.6 Å². The van der Waals surface area contributed by atoms with Gasteiger partial charge in [-0.05, 0) is 32.4 Å². The molecule has 0 fully saturated rings. The zero-order chi connectivity index (χ0) is 18.1. The SMILES string of the molecule is CCC[C@@H](C(=O)OCC)/C(C)=N/NC(=O)c1ccc([N+](=O)[O-])cc1. The van der Waals surface area contributed by atoms with Gasteiger partial charge in [0.15, 0.2) is 0 Å². The molecule has 1 aromatic rings. The van der Waals surface area contributed by atoms with Crippen LogP contribution < -0.4 is 5.43 Å². The van der Waals surface area contributed by atoms with Crippen molar-refractivity contribution in [1.29, 1.82) is 0 Å². The second-order valence-corrected chi connectivity index (χ2v) is 5.09. The van der Waals surface area contributed by atoms with E-state index in [2.05, 4.69) is 10.5 Å². The Morgan fingerprint density at radius 1 is 1.29 bits per heavy atom. The van der Waals surface area contributed by atoms with Crippen LogP contribution in [0.5, 0.6) is 0 Å². The molecule has 1 atom stereocenters. The van der Waals surface area contributed by atoms with Crippen molar-refractivity contribution in [3.8, 4) is 0 Å². The summed E-state index contributed by atoms with van der Waals surface area (Å²) in [6.07, 6.45) is 1.34. The number of nitrogens with one attached hydrogen (secondary N) is 1. The Labute approximate surface area is 140 Å². The summed E-state index contributed by atoms with van der Waals surface area (Å²) >= 11 is 0. The van der Waals surface area contributed by atoms with E-state index in [9.17, 15) is 19.7 Å². The first-order chi connectivity index (χ1) is 11.4. The second kappa shape index (κ2) is 9.39. The largest absolute Gasteiger partial charge is 0.465 e. The summed E-state index contributed by atoms with van der Waals surface area (Å²) in [6, 6.07) is 5.16. The molecule has 24 heavy (non-hydrogen) atoms. The van der Waals surface area contributed by atoms with Crippen LogP contribution in [-0.4, -0.2) is 29.1 Å². The van der Waals surface area contributed by atoms with E-state index in [-0.39, 0.29) is 23.8 Å². The van der Waals surface area contributed by atoms with Crippen LogP contribution in [-0.2, 0) is 9.53 Å². The third-order valence-corrected chi connectivity index (χ3v) is 3.33. The molecule has 0 unspecified atom stereocenters. The molecule has 1 N–H and O–H groups in total. The molecule has 0 aliphatic rings. The highest BCUT2D eigenvalue weighted by molar-refractivity contribution is 6.02. The number of hydrogen-bond acceptors (Lipinski definition) is 6. The molecule has 8 nitrogen and oxygen atoms in total. The molecule has 0 aromatic heterocycles. The fourth-order valence-corrected chi connectivity index (χ4v) is 2.04. The van der Waals surface area contributed by atoms with E-state index in [1.165, 1.54) is 24.3 Å². The molecule has 0 aliphatic carbocycles. The highest BCUT2D eigenvalue weighted by Crippen LogP contribution is 2.13. The van der Waals surface area contributed by atoms with Crippen LogP contribution in [0.4, 0.5) is 5.69 Å². The van der Waals surface area contributed by atoms with Gasteiger partial charge in [-0.15, -0.1) is 0 Å². The van der Waals surface area contributed by atoms with Crippen molar-refractivity contribution in [3.63, 3.8) is 0 Å². The van der Waals surface area contributed by atoms with Crippen LogP contribution in [0.1, 0.15) is 44.0 Å². The number of nitro benzene ring substituents is 1. The lowest BCUT2D eigenvalue weighted by atomic mass is 9.99. The summed E-state index contributed by atoms with van der Waals surface area (Å²) in [5, 5.41) is 14.6. The lowest BCUT2D eigenvalue weighted by Gasteiger charge is -2.14. The number of esters is 1. The van der Waals surface area contributed by atoms with Gasteiger partial charge in [-0.3, -0.25) is 19.7 Å². The quantitative estimate of drug-likeness (QED) is 0.340. The number of amides is 1. The molecule has 130 valence electrons. The number of carbonyl (C=O) groups excluding carboxylic acids is 2. The lowest BCUT2D eigenvalue weighted by molar-refractivity contribution is -0.384. The van der Waals surface area contributed by atoms with E-state index in [1.54, 1.807) is 13.8 Å². The molecule has 0 saturated carbocycles. The number of hydrogen-bond donors (Lipinski definition) is 1.